The molecule has 0 spiro atoms. The van der Waals surface area contributed by atoms with E-state index in [4.69, 9.17) is 0 Å². The van der Waals surface area contributed by atoms with Crippen molar-refractivity contribution in [2.24, 2.45) is 0 Å². The van der Waals surface area contributed by atoms with Crippen molar-refractivity contribution >= 4 is 49.1 Å². The van der Waals surface area contributed by atoms with Crippen molar-refractivity contribution in [1.82, 2.24) is 10.2 Å². The van der Waals surface area contributed by atoms with E-state index >= 15 is 0 Å². The van der Waals surface area contributed by atoms with Gasteiger partial charge in [0.1, 0.15) is 0 Å². The van der Waals surface area contributed by atoms with Gasteiger partial charge in [-0.1, -0.05) is 12.8 Å². The van der Waals surface area contributed by atoms with Crippen LogP contribution in [0.3, 0.4) is 0 Å². The number of carbonyl (C=O) groups is 1. The minimum atomic E-state index is 0.0196. The molecule has 6 heteroatoms. The normalized spacial score (nSPS) is 17.2. The van der Waals surface area contributed by atoms with Gasteiger partial charge in [-0.25, -0.2) is 0 Å². The van der Waals surface area contributed by atoms with E-state index in [0.717, 1.165) is 26.2 Å². The number of rotatable bonds is 4. The minimum absolute atomic E-state index is 0.0196. The third-order valence-electron chi connectivity index (χ3n) is 3.28. The second kappa shape index (κ2) is 7.76. The molecule has 0 unspecified atom stereocenters. The molecular formula is C13H18Br2N2OS. The van der Waals surface area contributed by atoms with Gasteiger partial charge in [-0.05, 0) is 63.9 Å². The molecular weight excluding hydrogens is 392 g/mol. The first-order valence-electron chi connectivity index (χ1n) is 6.62. The molecule has 0 aromatic carbocycles. The fourth-order valence-electron chi connectivity index (χ4n) is 2.23. The van der Waals surface area contributed by atoms with E-state index in [1.165, 1.54) is 50.1 Å². The average Bonchev–Trinajstić information content (AvgIpc) is 2.61. The van der Waals surface area contributed by atoms with Crippen molar-refractivity contribution in [3.05, 3.63) is 19.2 Å². The third kappa shape index (κ3) is 4.85. The Morgan fingerprint density at radius 2 is 1.95 bits per heavy atom. The second-order valence-corrected chi connectivity index (χ2v) is 7.97. The van der Waals surface area contributed by atoms with E-state index in [9.17, 15) is 4.79 Å². The first-order chi connectivity index (χ1) is 9.16. The summed E-state index contributed by atoms with van der Waals surface area (Å²) >= 11 is 8.26. The van der Waals surface area contributed by atoms with Crippen LogP contribution < -0.4 is 5.32 Å². The van der Waals surface area contributed by atoms with E-state index in [1.807, 2.05) is 6.07 Å². The Balaban J connectivity index is 1.74. The van der Waals surface area contributed by atoms with E-state index in [-0.39, 0.29) is 5.91 Å². The SMILES string of the molecule is O=C(NCCN1CCCCCC1)c1cc(Br)c(Br)s1. The van der Waals surface area contributed by atoms with Crippen LogP contribution in [0, 0.1) is 0 Å². The molecule has 1 N–H and O–H groups in total. The van der Waals surface area contributed by atoms with Crippen LogP contribution in [0.15, 0.2) is 14.3 Å². The number of nitrogens with zero attached hydrogens (tertiary/aromatic N) is 1. The van der Waals surface area contributed by atoms with Crippen molar-refractivity contribution in [1.29, 1.82) is 0 Å². The Morgan fingerprint density at radius 3 is 2.53 bits per heavy atom. The number of carbonyl (C=O) groups excluding carboxylic acids is 1. The Labute approximate surface area is 135 Å². The number of amides is 1. The largest absolute Gasteiger partial charge is 0.350 e. The highest BCUT2D eigenvalue weighted by molar-refractivity contribution is 9.13. The smallest absolute Gasteiger partial charge is 0.261 e. The number of hydrogen-bond donors (Lipinski definition) is 1. The minimum Gasteiger partial charge on any atom is -0.350 e. The zero-order valence-corrected chi connectivity index (χ0v) is 14.7. The zero-order chi connectivity index (χ0) is 13.7. The van der Waals surface area contributed by atoms with E-state index in [0.29, 0.717) is 0 Å². The molecule has 2 heterocycles. The molecule has 1 saturated heterocycles. The van der Waals surface area contributed by atoms with Gasteiger partial charge in [0.15, 0.2) is 0 Å². The molecule has 1 aliphatic heterocycles. The molecule has 0 saturated carbocycles. The van der Waals surface area contributed by atoms with Gasteiger partial charge >= 0.3 is 0 Å². The quantitative estimate of drug-likeness (QED) is 0.818. The summed E-state index contributed by atoms with van der Waals surface area (Å²) in [6.45, 7) is 4.03. The summed E-state index contributed by atoms with van der Waals surface area (Å²) in [5, 5.41) is 3.00. The fraction of sp³-hybridized carbons (Fsp3) is 0.615. The molecule has 1 aromatic rings. The highest BCUT2D eigenvalue weighted by Gasteiger charge is 2.13. The Kier molecular flexibility index (Phi) is 6.32. The molecule has 0 radical (unpaired) electrons. The van der Waals surface area contributed by atoms with Crippen molar-refractivity contribution < 1.29 is 4.79 Å². The molecule has 2 rings (SSSR count). The molecule has 0 atom stereocenters. The van der Waals surface area contributed by atoms with Crippen LogP contribution in [-0.4, -0.2) is 37.0 Å². The highest BCUT2D eigenvalue weighted by Crippen LogP contribution is 2.32. The van der Waals surface area contributed by atoms with Gasteiger partial charge < -0.3 is 10.2 Å². The summed E-state index contributed by atoms with van der Waals surface area (Å²) in [5.41, 5.74) is 0. The van der Waals surface area contributed by atoms with Crippen LogP contribution in [0.5, 0.6) is 0 Å². The number of hydrogen-bond acceptors (Lipinski definition) is 3. The maximum atomic E-state index is 12.0. The standard InChI is InChI=1S/C13H18Br2N2OS/c14-10-9-11(19-12(10)15)13(18)16-5-8-17-6-3-1-2-4-7-17/h9H,1-8H2,(H,16,18). The Morgan fingerprint density at radius 1 is 1.26 bits per heavy atom. The monoisotopic (exact) mass is 408 g/mol. The lowest BCUT2D eigenvalue weighted by molar-refractivity contribution is 0.0952. The second-order valence-electron chi connectivity index (χ2n) is 4.74. The van der Waals surface area contributed by atoms with Gasteiger partial charge in [0, 0.05) is 17.6 Å². The molecule has 1 aromatic heterocycles. The summed E-state index contributed by atoms with van der Waals surface area (Å²) in [5.74, 6) is 0.0196. The number of likely N-dealkylation sites (tertiary alicyclic amines) is 1. The van der Waals surface area contributed by atoms with Gasteiger partial charge in [-0.3, -0.25) is 4.79 Å². The third-order valence-corrected chi connectivity index (χ3v) is 6.54. The molecule has 1 amide bonds. The van der Waals surface area contributed by atoms with Gasteiger partial charge in [0.2, 0.25) is 0 Å². The molecule has 106 valence electrons. The highest BCUT2D eigenvalue weighted by atomic mass is 79.9. The first kappa shape index (κ1) is 15.5. The fourth-order valence-corrected chi connectivity index (χ4v) is 4.18. The summed E-state index contributed by atoms with van der Waals surface area (Å²) in [6.07, 6.45) is 5.28. The van der Waals surface area contributed by atoms with E-state index in [1.54, 1.807) is 0 Å². The van der Waals surface area contributed by atoms with Crippen LogP contribution in [0.25, 0.3) is 0 Å². The van der Waals surface area contributed by atoms with Crippen molar-refractivity contribution in [2.45, 2.75) is 25.7 Å². The zero-order valence-electron chi connectivity index (χ0n) is 10.8. The molecule has 0 bridgehead atoms. The molecule has 1 aliphatic rings. The summed E-state index contributed by atoms with van der Waals surface area (Å²) in [4.78, 5) is 15.2. The van der Waals surface area contributed by atoms with Gasteiger partial charge in [0.25, 0.3) is 5.91 Å². The summed E-state index contributed by atoms with van der Waals surface area (Å²) in [7, 11) is 0. The lowest BCUT2D eigenvalue weighted by Gasteiger charge is -2.19. The summed E-state index contributed by atoms with van der Waals surface area (Å²) in [6, 6.07) is 1.86. The van der Waals surface area contributed by atoms with Crippen LogP contribution >= 0.6 is 43.2 Å². The lowest BCUT2D eigenvalue weighted by atomic mass is 10.2. The average molecular weight is 410 g/mol. The van der Waals surface area contributed by atoms with Gasteiger partial charge in [-0.15, -0.1) is 11.3 Å². The van der Waals surface area contributed by atoms with Gasteiger partial charge in [-0.2, -0.15) is 0 Å². The van der Waals surface area contributed by atoms with E-state index < -0.39 is 0 Å². The number of halogens is 2. The van der Waals surface area contributed by atoms with Crippen molar-refractivity contribution in [3.63, 3.8) is 0 Å². The van der Waals surface area contributed by atoms with Crippen LogP contribution in [-0.2, 0) is 0 Å². The number of thiophene rings is 1. The maximum Gasteiger partial charge on any atom is 0.261 e. The Hall–Kier alpha value is 0.0900. The van der Waals surface area contributed by atoms with Crippen molar-refractivity contribution in [2.75, 3.05) is 26.2 Å². The lowest BCUT2D eigenvalue weighted by Crippen LogP contribution is -2.35. The molecule has 19 heavy (non-hydrogen) atoms. The predicted octanol–water partition coefficient (Wildman–Crippen LogP) is 3.88. The van der Waals surface area contributed by atoms with Crippen LogP contribution in [0.4, 0.5) is 0 Å². The van der Waals surface area contributed by atoms with Crippen molar-refractivity contribution in [3.8, 4) is 0 Å². The number of nitrogens with one attached hydrogen (secondary N) is 1. The molecule has 1 fully saturated rings. The molecule has 0 aliphatic carbocycles. The van der Waals surface area contributed by atoms with Gasteiger partial charge in [0.05, 0.1) is 8.66 Å². The summed E-state index contributed by atoms with van der Waals surface area (Å²) < 4.78 is 1.90. The maximum absolute atomic E-state index is 12.0. The predicted molar refractivity (Wildman–Crippen MR) is 87.0 cm³/mol. The topological polar surface area (TPSA) is 32.3 Å². The van der Waals surface area contributed by atoms with Crippen LogP contribution in [0.2, 0.25) is 0 Å². The Bertz CT molecular complexity index is 409. The van der Waals surface area contributed by atoms with Crippen LogP contribution in [0.1, 0.15) is 35.4 Å². The molecule has 3 nitrogen and oxygen atoms in total. The van der Waals surface area contributed by atoms with E-state index in [2.05, 4.69) is 42.1 Å². The first-order valence-corrected chi connectivity index (χ1v) is 9.02.